The summed E-state index contributed by atoms with van der Waals surface area (Å²) in [5.41, 5.74) is -0.137. The lowest BCUT2D eigenvalue weighted by atomic mass is 10.2. The smallest absolute Gasteiger partial charge is 0.349 e. The fourth-order valence-electron chi connectivity index (χ4n) is 2.55. The highest BCUT2D eigenvalue weighted by molar-refractivity contribution is 6.32. The van der Waals surface area contributed by atoms with Crippen LogP contribution < -0.4 is 20.7 Å². The van der Waals surface area contributed by atoms with E-state index in [1.807, 2.05) is 13.8 Å². The summed E-state index contributed by atoms with van der Waals surface area (Å²) in [6, 6.07) is 10.0. The largest absolute Gasteiger partial charge is 0.493 e. The van der Waals surface area contributed by atoms with Crippen molar-refractivity contribution in [1.82, 2.24) is 9.66 Å². The lowest BCUT2D eigenvalue weighted by molar-refractivity contribution is 0.230. The van der Waals surface area contributed by atoms with Crippen molar-refractivity contribution in [3.63, 3.8) is 0 Å². The van der Waals surface area contributed by atoms with Crippen molar-refractivity contribution in [2.45, 2.75) is 20.0 Å². The predicted octanol–water partition coefficient (Wildman–Crippen LogP) is 3.02. The van der Waals surface area contributed by atoms with Crippen molar-refractivity contribution < 1.29 is 9.47 Å². The summed E-state index contributed by atoms with van der Waals surface area (Å²) in [6.07, 6.45) is 1.28. The number of aromatic amines is 1. The summed E-state index contributed by atoms with van der Waals surface area (Å²) in [4.78, 5) is 27.3. The van der Waals surface area contributed by atoms with Crippen LogP contribution in [0.4, 0.5) is 0 Å². The highest BCUT2D eigenvalue weighted by Gasteiger charge is 2.13. The molecule has 27 heavy (non-hydrogen) atoms. The van der Waals surface area contributed by atoms with E-state index in [0.29, 0.717) is 33.0 Å². The fourth-order valence-corrected chi connectivity index (χ4v) is 2.81. The van der Waals surface area contributed by atoms with Gasteiger partial charge in [0, 0.05) is 0 Å². The molecule has 0 saturated heterocycles. The van der Waals surface area contributed by atoms with Crippen molar-refractivity contribution in [3.8, 4) is 11.5 Å². The number of rotatable bonds is 5. The predicted molar refractivity (Wildman–Crippen MR) is 106 cm³/mol. The molecule has 2 aromatic carbocycles. The Morgan fingerprint density at radius 2 is 1.96 bits per heavy atom. The highest BCUT2D eigenvalue weighted by atomic mass is 35.5. The Labute approximate surface area is 159 Å². The summed E-state index contributed by atoms with van der Waals surface area (Å²) < 4.78 is 11.7. The molecule has 0 radical (unpaired) electrons. The molecule has 8 heteroatoms. The van der Waals surface area contributed by atoms with E-state index < -0.39 is 11.2 Å². The maximum Gasteiger partial charge on any atom is 0.349 e. The maximum atomic E-state index is 12.5. The average Bonchev–Trinajstić information content (AvgIpc) is 2.63. The summed E-state index contributed by atoms with van der Waals surface area (Å²) in [6.45, 7) is 3.76. The molecule has 0 saturated carbocycles. The molecule has 3 rings (SSSR count). The zero-order valence-electron chi connectivity index (χ0n) is 15.0. The number of para-hydroxylation sites is 1. The third-order valence-corrected chi connectivity index (χ3v) is 3.99. The minimum atomic E-state index is -0.632. The van der Waals surface area contributed by atoms with Crippen molar-refractivity contribution >= 4 is 28.7 Å². The van der Waals surface area contributed by atoms with Crippen LogP contribution in [-0.2, 0) is 0 Å². The number of nitrogens with zero attached hydrogens (tertiary/aromatic N) is 2. The van der Waals surface area contributed by atoms with E-state index in [2.05, 4.69) is 10.1 Å². The molecule has 3 aromatic rings. The number of nitrogens with one attached hydrogen (secondary N) is 1. The first-order valence-electron chi connectivity index (χ1n) is 8.23. The molecule has 1 N–H and O–H groups in total. The summed E-state index contributed by atoms with van der Waals surface area (Å²) >= 11 is 6.28. The Morgan fingerprint density at radius 1 is 1.22 bits per heavy atom. The van der Waals surface area contributed by atoms with Crippen LogP contribution in [0.1, 0.15) is 19.4 Å². The highest BCUT2D eigenvalue weighted by Crippen LogP contribution is 2.36. The van der Waals surface area contributed by atoms with E-state index >= 15 is 0 Å². The molecule has 0 unspecified atom stereocenters. The van der Waals surface area contributed by atoms with Gasteiger partial charge >= 0.3 is 5.69 Å². The van der Waals surface area contributed by atoms with Crippen molar-refractivity contribution in [2.24, 2.45) is 5.10 Å². The summed E-state index contributed by atoms with van der Waals surface area (Å²) in [5, 5.41) is 4.72. The molecule has 0 bridgehead atoms. The van der Waals surface area contributed by atoms with Crippen LogP contribution in [-0.4, -0.2) is 29.1 Å². The number of ether oxygens (including phenoxy) is 2. The van der Waals surface area contributed by atoms with Gasteiger partial charge in [-0.3, -0.25) is 4.79 Å². The standard InChI is InChI=1S/C19H18ClN3O4/c1-11(2)27-17-14(20)8-12(9-16(17)26-3)10-21-23-18(24)13-6-4-5-7-15(13)22-19(23)25/h4-11H,1-3H3,(H,22,25). The van der Waals surface area contributed by atoms with Gasteiger partial charge in [-0.1, -0.05) is 23.7 Å². The molecule has 0 fully saturated rings. The van der Waals surface area contributed by atoms with Crippen LogP contribution in [0.3, 0.4) is 0 Å². The number of benzene rings is 2. The van der Waals surface area contributed by atoms with Crippen LogP contribution in [0.25, 0.3) is 10.9 Å². The number of halogens is 1. The van der Waals surface area contributed by atoms with Gasteiger partial charge in [0.2, 0.25) is 0 Å². The molecule has 0 aliphatic heterocycles. The van der Waals surface area contributed by atoms with E-state index in [4.69, 9.17) is 21.1 Å². The zero-order chi connectivity index (χ0) is 19.6. The summed E-state index contributed by atoms with van der Waals surface area (Å²) in [5.74, 6) is 0.851. The molecule has 0 aliphatic rings. The number of fused-ring (bicyclic) bond motifs is 1. The maximum absolute atomic E-state index is 12.5. The number of methoxy groups -OCH3 is 1. The van der Waals surface area contributed by atoms with Crippen molar-refractivity contribution in [1.29, 1.82) is 0 Å². The number of aromatic nitrogens is 2. The van der Waals surface area contributed by atoms with Gasteiger partial charge < -0.3 is 14.5 Å². The lowest BCUT2D eigenvalue weighted by Gasteiger charge is -2.15. The Balaban J connectivity index is 2.04. The van der Waals surface area contributed by atoms with Crippen molar-refractivity contribution in [3.05, 3.63) is 67.8 Å². The minimum Gasteiger partial charge on any atom is -0.493 e. The molecule has 7 nitrogen and oxygen atoms in total. The number of H-pyrrole nitrogens is 1. The average molecular weight is 388 g/mol. The van der Waals surface area contributed by atoms with Crippen molar-refractivity contribution in [2.75, 3.05) is 7.11 Å². The molecule has 1 aromatic heterocycles. The Bertz CT molecular complexity index is 1130. The fraction of sp³-hybridized carbons (Fsp3) is 0.211. The summed E-state index contributed by atoms with van der Waals surface area (Å²) in [7, 11) is 1.50. The molecule has 0 spiro atoms. The topological polar surface area (TPSA) is 85.7 Å². The van der Waals surface area contributed by atoms with Gasteiger partial charge in [-0.05, 0) is 43.7 Å². The molecule has 0 amide bonds. The third-order valence-electron chi connectivity index (χ3n) is 3.71. The minimum absolute atomic E-state index is 0.0781. The molecule has 140 valence electrons. The van der Waals surface area contributed by atoms with Crippen LogP contribution in [0.15, 0.2) is 51.1 Å². The number of hydrogen-bond acceptors (Lipinski definition) is 5. The molecule has 0 atom stereocenters. The first-order valence-corrected chi connectivity index (χ1v) is 8.61. The first-order chi connectivity index (χ1) is 12.9. The second-order valence-corrected chi connectivity index (χ2v) is 6.45. The monoisotopic (exact) mass is 387 g/mol. The van der Waals surface area contributed by atoms with Gasteiger partial charge in [-0.2, -0.15) is 5.10 Å². The second kappa shape index (κ2) is 7.67. The lowest BCUT2D eigenvalue weighted by Crippen LogP contribution is -2.32. The number of hydrogen-bond donors (Lipinski definition) is 1. The van der Waals surface area contributed by atoms with E-state index in [0.717, 1.165) is 4.68 Å². The van der Waals surface area contributed by atoms with Crippen LogP contribution in [0, 0.1) is 0 Å². The van der Waals surface area contributed by atoms with E-state index in [-0.39, 0.29) is 6.10 Å². The van der Waals surface area contributed by atoms with Crippen LogP contribution >= 0.6 is 11.6 Å². The zero-order valence-corrected chi connectivity index (χ0v) is 15.8. The van der Waals surface area contributed by atoms with E-state index in [1.165, 1.54) is 13.3 Å². The van der Waals surface area contributed by atoms with Gasteiger partial charge in [-0.15, -0.1) is 4.68 Å². The van der Waals surface area contributed by atoms with Gasteiger partial charge in [0.15, 0.2) is 11.5 Å². The van der Waals surface area contributed by atoms with Crippen LogP contribution in [0.2, 0.25) is 5.02 Å². The Hall–Kier alpha value is -3.06. The molecular formula is C19H18ClN3O4. The molecule has 0 aliphatic carbocycles. The van der Waals surface area contributed by atoms with E-state index in [9.17, 15) is 9.59 Å². The normalized spacial score (nSPS) is 11.4. The third kappa shape index (κ3) is 3.88. The van der Waals surface area contributed by atoms with Crippen LogP contribution in [0.5, 0.6) is 11.5 Å². The van der Waals surface area contributed by atoms with Gasteiger partial charge in [0.05, 0.1) is 35.4 Å². The first kappa shape index (κ1) is 18.7. The Kier molecular flexibility index (Phi) is 5.32. The van der Waals surface area contributed by atoms with Gasteiger partial charge in [0.25, 0.3) is 5.56 Å². The van der Waals surface area contributed by atoms with Gasteiger partial charge in [0.1, 0.15) is 0 Å². The van der Waals surface area contributed by atoms with Gasteiger partial charge in [-0.25, -0.2) is 4.79 Å². The SMILES string of the molecule is COc1cc(C=Nn2c(=O)[nH]c3ccccc3c2=O)cc(Cl)c1OC(C)C. The molecular weight excluding hydrogens is 370 g/mol. The van der Waals surface area contributed by atoms with E-state index in [1.54, 1.807) is 36.4 Å². The molecule has 1 heterocycles. The Morgan fingerprint density at radius 3 is 2.67 bits per heavy atom. The quantitative estimate of drug-likeness (QED) is 0.682. The second-order valence-electron chi connectivity index (χ2n) is 6.04.